The topological polar surface area (TPSA) is 92.2 Å². The highest BCUT2D eigenvalue weighted by atomic mass is 35.5. The first-order valence-electron chi connectivity index (χ1n) is 11.4. The van der Waals surface area contributed by atoms with Crippen LogP contribution in [0.1, 0.15) is 66.2 Å². The minimum atomic E-state index is -0.934. The molecule has 2 bridgehead atoms. The van der Waals surface area contributed by atoms with Crippen molar-refractivity contribution in [1.82, 2.24) is 5.32 Å². The fourth-order valence-electron chi connectivity index (χ4n) is 5.42. The number of rotatable bonds is 9. The molecular formula is C24H36ClN5O. The van der Waals surface area contributed by atoms with E-state index in [0.717, 1.165) is 32.1 Å². The van der Waals surface area contributed by atoms with Crippen LogP contribution < -0.4 is 11.1 Å². The first-order valence-corrected chi connectivity index (χ1v) is 11.8. The fourth-order valence-corrected chi connectivity index (χ4v) is 5.54. The second-order valence-electron chi connectivity index (χ2n) is 9.96. The van der Waals surface area contributed by atoms with Crippen LogP contribution in [-0.4, -0.2) is 30.4 Å². The molecule has 31 heavy (non-hydrogen) atoms. The Kier molecular flexibility index (Phi) is 7.40. The Bertz CT molecular complexity index is 830. The van der Waals surface area contributed by atoms with Gasteiger partial charge < -0.3 is 11.1 Å². The number of fused-ring (bicyclic) bond motifs is 2. The summed E-state index contributed by atoms with van der Waals surface area (Å²) in [5.74, 6) is 0.635. The number of amidine groups is 1. The van der Waals surface area contributed by atoms with Gasteiger partial charge in [-0.2, -0.15) is 10.2 Å². The fraction of sp³-hybridized carbons (Fsp3) is 0.667. The first-order chi connectivity index (χ1) is 14.7. The van der Waals surface area contributed by atoms with Crippen molar-refractivity contribution >= 4 is 29.0 Å². The third-order valence-corrected chi connectivity index (χ3v) is 7.51. The molecule has 4 atom stereocenters. The number of hydrogen-bond donors (Lipinski definition) is 2. The van der Waals surface area contributed by atoms with Crippen LogP contribution in [0.5, 0.6) is 0 Å². The van der Waals surface area contributed by atoms with Crippen LogP contribution in [0.3, 0.4) is 0 Å². The predicted octanol–water partition coefficient (Wildman–Crippen LogP) is 5.67. The van der Waals surface area contributed by atoms with Gasteiger partial charge in [0.05, 0.1) is 5.69 Å². The van der Waals surface area contributed by atoms with Crippen molar-refractivity contribution in [1.29, 1.82) is 0 Å². The second-order valence-corrected chi connectivity index (χ2v) is 10.4. The van der Waals surface area contributed by atoms with Crippen molar-refractivity contribution in [2.75, 3.05) is 6.54 Å². The molecule has 2 saturated carbocycles. The number of carbonyl (C=O) groups is 1. The number of unbranched alkanes of at least 4 members (excludes halogenated alkanes) is 2. The number of amides is 1. The first kappa shape index (κ1) is 23.7. The van der Waals surface area contributed by atoms with Crippen LogP contribution in [0.15, 0.2) is 39.5 Å². The number of azo groups is 1. The van der Waals surface area contributed by atoms with Crippen LogP contribution in [-0.2, 0) is 4.79 Å². The van der Waals surface area contributed by atoms with Gasteiger partial charge in [-0.1, -0.05) is 52.1 Å². The molecule has 0 saturated heterocycles. The minimum absolute atomic E-state index is 0.0492. The molecule has 0 spiro atoms. The lowest BCUT2D eigenvalue weighted by atomic mass is 9.68. The maximum absolute atomic E-state index is 13.4. The zero-order valence-electron chi connectivity index (χ0n) is 19.2. The summed E-state index contributed by atoms with van der Waals surface area (Å²) in [6.07, 6.45) is 6.65. The Labute approximate surface area is 191 Å². The molecule has 1 amide bonds. The highest BCUT2D eigenvalue weighted by Crippen LogP contribution is 2.62. The molecule has 6 nitrogen and oxygen atoms in total. The summed E-state index contributed by atoms with van der Waals surface area (Å²) in [5, 5.41) is 12.5. The van der Waals surface area contributed by atoms with Gasteiger partial charge in [-0.05, 0) is 66.7 Å². The molecule has 170 valence electrons. The Morgan fingerprint density at radius 3 is 2.58 bits per heavy atom. The highest BCUT2D eigenvalue weighted by molar-refractivity contribution is 6.30. The maximum Gasteiger partial charge on any atom is 0.254 e. The van der Waals surface area contributed by atoms with E-state index in [1.54, 1.807) is 24.3 Å². The number of nitrogens with two attached hydrogens (primary N) is 1. The van der Waals surface area contributed by atoms with E-state index in [-0.39, 0.29) is 28.6 Å². The summed E-state index contributed by atoms with van der Waals surface area (Å²) in [7, 11) is 0. The largest absolute Gasteiger partial charge is 0.385 e. The lowest BCUT2D eigenvalue weighted by Gasteiger charge is -2.43. The van der Waals surface area contributed by atoms with Gasteiger partial charge in [0.15, 0.2) is 0 Å². The standard InChI is InChI=1S/C24H36ClN5O/c1-5-6-7-14-27-20(26)19(30-29-18-10-8-17(25)9-11-18)21(31)28-22-23(2,3)16-12-13-24(22,4)15-16/h8-11,16,19,22H,5-7,12-15H2,1-4H3,(H2,26,27)(H,28,31)/b30-29+. The molecule has 0 radical (unpaired) electrons. The van der Waals surface area contributed by atoms with E-state index in [9.17, 15) is 4.79 Å². The van der Waals surface area contributed by atoms with Gasteiger partial charge >= 0.3 is 0 Å². The van der Waals surface area contributed by atoms with Gasteiger partial charge in [-0.3, -0.25) is 9.79 Å². The normalized spacial score (nSPS) is 28.2. The molecular weight excluding hydrogens is 410 g/mol. The van der Waals surface area contributed by atoms with E-state index >= 15 is 0 Å². The Morgan fingerprint density at radius 2 is 1.97 bits per heavy atom. The maximum atomic E-state index is 13.4. The number of halogens is 1. The summed E-state index contributed by atoms with van der Waals surface area (Å²) in [5.41, 5.74) is 7.04. The van der Waals surface area contributed by atoms with Gasteiger partial charge in [0, 0.05) is 17.6 Å². The van der Waals surface area contributed by atoms with Crippen molar-refractivity contribution < 1.29 is 4.79 Å². The zero-order chi connectivity index (χ0) is 22.6. The summed E-state index contributed by atoms with van der Waals surface area (Å²) >= 11 is 5.95. The number of nitrogens with one attached hydrogen (secondary N) is 1. The Hall–Kier alpha value is -1.95. The monoisotopic (exact) mass is 445 g/mol. The number of nitrogens with zero attached hydrogens (tertiary/aromatic N) is 3. The van der Waals surface area contributed by atoms with Crippen LogP contribution in [0.25, 0.3) is 0 Å². The number of aliphatic imine (C=N–C) groups is 1. The summed E-state index contributed by atoms with van der Waals surface area (Å²) in [4.78, 5) is 17.8. The van der Waals surface area contributed by atoms with Gasteiger partial charge in [0.1, 0.15) is 5.84 Å². The van der Waals surface area contributed by atoms with Crippen molar-refractivity contribution in [2.24, 2.45) is 37.7 Å². The van der Waals surface area contributed by atoms with E-state index in [4.69, 9.17) is 17.3 Å². The predicted molar refractivity (Wildman–Crippen MR) is 127 cm³/mol. The third-order valence-electron chi connectivity index (χ3n) is 7.26. The van der Waals surface area contributed by atoms with Crippen molar-refractivity contribution in [3.8, 4) is 0 Å². The average molecular weight is 446 g/mol. The highest BCUT2D eigenvalue weighted by Gasteiger charge is 2.60. The molecule has 1 aromatic rings. The number of carbonyl (C=O) groups excluding carboxylic acids is 1. The van der Waals surface area contributed by atoms with E-state index < -0.39 is 6.04 Å². The Balaban J connectivity index is 1.79. The Morgan fingerprint density at radius 1 is 1.26 bits per heavy atom. The molecule has 0 heterocycles. The van der Waals surface area contributed by atoms with Crippen LogP contribution in [0.4, 0.5) is 5.69 Å². The van der Waals surface area contributed by atoms with E-state index in [1.165, 1.54) is 6.42 Å². The van der Waals surface area contributed by atoms with Crippen molar-refractivity contribution in [3.63, 3.8) is 0 Å². The molecule has 7 heteroatoms. The lowest BCUT2D eigenvalue weighted by molar-refractivity contribution is -0.123. The smallest absolute Gasteiger partial charge is 0.254 e. The molecule has 2 aliphatic carbocycles. The summed E-state index contributed by atoms with van der Waals surface area (Å²) in [6, 6.07) is 6.16. The molecule has 3 N–H and O–H groups in total. The van der Waals surface area contributed by atoms with Gasteiger partial charge in [0.25, 0.3) is 5.91 Å². The molecule has 2 fully saturated rings. The molecule has 4 unspecified atom stereocenters. The number of benzene rings is 1. The summed E-state index contributed by atoms with van der Waals surface area (Å²) < 4.78 is 0. The van der Waals surface area contributed by atoms with E-state index in [0.29, 0.717) is 23.2 Å². The summed E-state index contributed by atoms with van der Waals surface area (Å²) in [6.45, 7) is 9.55. The van der Waals surface area contributed by atoms with Crippen LogP contribution in [0, 0.1) is 16.7 Å². The quantitative estimate of drug-likeness (QED) is 0.222. The van der Waals surface area contributed by atoms with E-state index in [1.807, 2.05) is 0 Å². The minimum Gasteiger partial charge on any atom is -0.385 e. The van der Waals surface area contributed by atoms with Gasteiger partial charge in [0.2, 0.25) is 6.04 Å². The molecule has 2 aliphatic rings. The van der Waals surface area contributed by atoms with Crippen molar-refractivity contribution in [2.45, 2.75) is 78.3 Å². The molecule has 3 rings (SSSR count). The van der Waals surface area contributed by atoms with Gasteiger partial charge in [-0.15, -0.1) is 0 Å². The van der Waals surface area contributed by atoms with Crippen molar-refractivity contribution in [3.05, 3.63) is 29.3 Å². The second kappa shape index (κ2) is 9.68. The van der Waals surface area contributed by atoms with Crippen LogP contribution in [0.2, 0.25) is 5.02 Å². The molecule has 0 aliphatic heterocycles. The van der Waals surface area contributed by atoms with E-state index in [2.05, 4.69) is 48.2 Å². The average Bonchev–Trinajstić information content (AvgIpc) is 3.21. The molecule has 1 aromatic carbocycles. The number of hydrogen-bond acceptors (Lipinski definition) is 4. The van der Waals surface area contributed by atoms with Gasteiger partial charge in [-0.25, -0.2) is 0 Å². The SMILES string of the molecule is CCCCC/N=C(\N)C(/N=N/c1ccc(Cl)cc1)C(=O)NC1C2(C)CCC(C2)C1(C)C. The van der Waals surface area contributed by atoms with Crippen LogP contribution >= 0.6 is 11.6 Å². The third kappa shape index (κ3) is 5.28. The lowest BCUT2D eigenvalue weighted by Crippen LogP contribution is -2.56. The zero-order valence-corrected chi connectivity index (χ0v) is 20.0. The molecule has 0 aromatic heterocycles.